The second kappa shape index (κ2) is 46.9. The number of benzene rings is 4. The van der Waals surface area contributed by atoms with Crippen molar-refractivity contribution in [3.05, 3.63) is 136 Å². The van der Waals surface area contributed by atoms with Gasteiger partial charge in [-0.3, -0.25) is 0 Å². The summed E-state index contributed by atoms with van der Waals surface area (Å²) in [5, 5.41) is 0. The molecule has 0 heterocycles. The molecule has 4 aromatic rings. The summed E-state index contributed by atoms with van der Waals surface area (Å²) >= 11 is 0. The van der Waals surface area contributed by atoms with E-state index in [2.05, 4.69) is 28.2 Å². The van der Waals surface area contributed by atoms with E-state index in [4.69, 9.17) is 57.7 Å². The first kappa shape index (κ1) is 76.3. The molecule has 0 aliphatic rings. The van der Waals surface area contributed by atoms with E-state index in [1.165, 1.54) is 77.6 Å². The summed E-state index contributed by atoms with van der Waals surface area (Å²) < 4.78 is 41.8. The minimum absolute atomic E-state index is 0.304. The minimum atomic E-state index is -0.460. The molecule has 0 amide bonds. The van der Waals surface area contributed by atoms with Gasteiger partial charge < -0.3 is 52.6 Å². The smallest absolute Gasteiger partial charge is 0.338 e. The number of hydrogen-bond acceptors (Lipinski definition) is 19. The predicted octanol–water partition coefficient (Wildman–Crippen LogP) is 15.4. The maximum atomic E-state index is 14.0. The van der Waals surface area contributed by atoms with Gasteiger partial charge in [0, 0.05) is 23.8 Å². The average molecular weight is 1280 g/mol. The van der Waals surface area contributed by atoms with E-state index in [1.54, 1.807) is 79.7 Å². The molecule has 0 atom stereocenters. The van der Waals surface area contributed by atoms with Crippen molar-refractivity contribution in [3.63, 3.8) is 0 Å². The van der Waals surface area contributed by atoms with Crippen LogP contribution in [0.3, 0.4) is 0 Å². The molecule has 0 aliphatic carbocycles. The third-order valence-electron chi connectivity index (χ3n) is 14.9. The van der Waals surface area contributed by atoms with Crippen molar-refractivity contribution in [2.24, 2.45) is 0 Å². The summed E-state index contributed by atoms with van der Waals surface area (Å²) in [6.07, 6.45) is 31.2. The normalized spacial score (nSPS) is 11.2. The minimum Gasteiger partial charge on any atom is -0.493 e. The Kier molecular flexibility index (Phi) is 38.9. The highest BCUT2D eigenvalue weighted by Gasteiger charge is 2.18. The molecule has 0 N–H and O–H groups in total. The number of ether oxygens (including phenoxy) is 8. The molecule has 0 aromatic heterocycles. The molecule has 0 saturated carbocycles. The molecular weight excluding hydrogens is 1180 g/mol. The highest BCUT2D eigenvalue weighted by atomic mass is 17.2. The molecular formula is C73H98O19. The number of aryl methyl sites for hydroxylation is 2. The molecule has 0 unspecified atom stereocenters. The third-order valence-corrected chi connectivity index (χ3v) is 14.9. The Bertz CT molecular complexity index is 2830. The van der Waals surface area contributed by atoms with E-state index < -0.39 is 17.9 Å². The van der Waals surface area contributed by atoms with Crippen molar-refractivity contribution in [1.29, 1.82) is 0 Å². The van der Waals surface area contributed by atoms with Gasteiger partial charge in [0.25, 0.3) is 0 Å². The van der Waals surface area contributed by atoms with Crippen LogP contribution in [0.15, 0.2) is 97.1 Å². The van der Waals surface area contributed by atoms with Crippen LogP contribution in [-0.4, -0.2) is 106 Å². The van der Waals surface area contributed by atoms with Gasteiger partial charge in [0.1, 0.15) is 0 Å². The van der Waals surface area contributed by atoms with Gasteiger partial charge in [-0.25, -0.2) is 24.0 Å². The Morgan fingerprint density at radius 1 is 0.370 bits per heavy atom. The fourth-order valence-corrected chi connectivity index (χ4v) is 9.72. The van der Waals surface area contributed by atoms with Crippen LogP contribution in [0.5, 0.6) is 34.5 Å². The fourth-order valence-electron chi connectivity index (χ4n) is 9.72. The van der Waals surface area contributed by atoms with Gasteiger partial charge in [-0.05, 0) is 178 Å². The zero-order chi connectivity index (χ0) is 66.4. The van der Waals surface area contributed by atoms with Crippen molar-refractivity contribution < 1.29 is 91.2 Å². The first-order chi connectivity index (χ1) is 44.8. The SMILES string of the molecule is C=C(C)C(=O)OCCCCCCCCCCCOC(=O)c1cc(CCCCCCOOc2ccc(C=CC(=O)OC)cc2OC)c(CCCCCCOOc2ccc(C=CC(=O)OC)cc2OC)c(CCCCCCOOc2ccc(C=CC(=O)OC)cc2OC)c1. The Labute approximate surface area is 544 Å². The summed E-state index contributed by atoms with van der Waals surface area (Å²) in [6.45, 7) is 7.19. The lowest BCUT2D eigenvalue weighted by molar-refractivity contribution is -0.208. The van der Waals surface area contributed by atoms with Gasteiger partial charge in [-0.2, -0.15) is 14.7 Å². The predicted molar refractivity (Wildman–Crippen MR) is 352 cm³/mol. The molecule has 4 rings (SSSR count). The highest BCUT2D eigenvalue weighted by Crippen LogP contribution is 2.32. The summed E-state index contributed by atoms with van der Waals surface area (Å²) in [4.78, 5) is 94.1. The lowest BCUT2D eigenvalue weighted by Gasteiger charge is -2.18. The molecule has 92 heavy (non-hydrogen) atoms. The second-order valence-corrected chi connectivity index (χ2v) is 22.0. The maximum absolute atomic E-state index is 14.0. The van der Waals surface area contributed by atoms with Crippen molar-refractivity contribution in [1.82, 2.24) is 0 Å². The van der Waals surface area contributed by atoms with Crippen LogP contribution in [0, 0.1) is 0 Å². The van der Waals surface area contributed by atoms with Crippen LogP contribution in [-0.2, 0) is 76.8 Å². The Morgan fingerprint density at radius 2 is 0.685 bits per heavy atom. The molecule has 4 aromatic carbocycles. The van der Waals surface area contributed by atoms with E-state index in [0.717, 1.165) is 171 Å². The van der Waals surface area contributed by atoms with E-state index >= 15 is 0 Å². The van der Waals surface area contributed by atoms with Crippen molar-refractivity contribution in [3.8, 4) is 34.5 Å². The van der Waals surface area contributed by atoms with Gasteiger partial charge in [0.2, 0.25) is 17.2 Å². The standard InChI is InChI=1S/C73H98O19/c1-55(2)72(77)85-45-25-17-12-10-9-11-13-18-26-46-86-73(78)61-53-59(30-22-14-19-27-47-87-90-63-39-33-56(50-66(63)79-3)36-42-69(74)82-6)62(32-24-16-21-29-49-89-92-65-41-35-58(52-68(65)81-5)38-44-71(76)84-8)60(54-61)31-23-15-20-28-48-88-91-64-40-34-57(51-67(64)80-4)37-43-70(75)83-7/h33-44,50-54H,1,9-32,45-49H2,2-8H3. The highest BCUT2D eigenvalue weighted by molar-refractivity contribution is 5.90. The molecule has 0 bridgehead atoms. The monoisotopic (exact) mass is 1280 g/mol. The lowest BCUT2D eigenvalue weighted by Crippen LogP contribution is -2.11. The molecule has 0 fully saturated rings. The van der Waals surface area contributed by atoms with Gasteiger partial charge in [-0.15, -0.1) is 0 Å². The van der Waals surface area contributed by atoms with Crippen molar-refractivity contribution in [2.75, 3.05) is 75.7 Å². The van der Waals surface area contributed by atoms with Gasteiger partial charge in [-0.1, -0.05) is 108 Å². The average Bonchev–Trinajstić information content (AvgIpc) is 2.03. The zero-order valence-electron chi connectivity index (χ0n) is 55.3. The molecule has 504 valence electrons. The van der Waals surface area contributed by atoms with E-state index in [0.29, 0.717) is 78.7 Å². The van der Waals surface area contributed by atoms with Crippen molar-refractivity contribution in [2.45, 2.75) is 161 Å². The summed E-state index contributed by atoms with van der Waals surface area (Å²) in [7, 11) is 8.58. The van der Waals surface area contributed by atoms with Crippen LogP contribution >= 0.6 is 0 Å². The van der Waals surface area contributed by atoms with E-state index in [-0.39, 0.29) is 11.9 Å². The summed E-state index contributed by atoms with van der Waals surface area (Å²) in [6, 6.07) is 19.9. The van der Waals surface area contributed by atoms with Crippen LogP contribution in [0.4, 0.5) is 0 Å². The Hall–Kier alpha value is -8.13. The van der Waals surface area contributed by atoms with Crippen LogP contribution in [0.25, 0.3) is 18.2 Å². The Balaban J connectivity index is 1.40. The van der Waals surface area contributed by atoms with Crippen LogP contribution < -0.4 is 28.9 Å². The first-order valence-electron chi connectivity index (χ1n) is 32.2. The fraction of sp³-hybridized carbons (Fsp3) is 0.493. The number of hydrogen-bond donors (Lipinski definition) is 0. The number of methoxy groups -OCH3 is 6. The van der Waals surface area contributed by atoms with Crippen LogP contribution in [0.2, 0.25) is 0 Å². The van der Waals surface area contributed by atoms with Gasteiger partial charge >= 0.3 is 29.8 Å². The molecule has 0 spiro atoms. The van der Waals surface area contributed by atoms with E-state index in [1.807, 2.05) is 0 Å². The summed E-state index contributed by atoms with van der Waals surface area (Å²) in [5.74, 6) is 0.641. The first-order valence-corrected chi connectivity index (χ1v) is 32.2. The molecule has 0 saturated heterocycles. The summed E-state index contributed by atoms with van der Waals surface area (Å²) in [5.41, 5.74) is 6.85. The largest absolute Gasteiger partial charge is 0.493 e. The van der Waals surface area contributed by atoms with E-state index in [9.17, 15) is 24.0 Å². The molecule has 19 nitrogen and oxygen atoms in total. The number of carbonyl (C=O) groups excluding carboxylic acids is 5. The van der Waals surface area contributed by atoms with Gasteiger partial charge in [0.05, 0.1) is 81.3 Å². The number of unbranched alkanes of at least 4 members (excludes halogenated alkanes) is 17. The van der Waals surface area contributed by atoms with Crippen molar-refractivity contribution >= 4 is 48.1 Å². The number of esters is 5. The molecule has 19 heteroatoms. The second-order valence-electron chi connectivity index (χ2n) is 22.0. The quantitative estimate of drug-likeness (QED) is 0.0100. The lowest BCUT2D eigenvalue weighted by atomic mass is 9.88. The Morgan fingerprint density at radius 3 is 1.02 bits per heavy atom. The number of rotatable bonds is 50. The topological polar surface area (TPSA) is 215 Å². The van der Waals surface area contributed by atoms with Crippen LogP contribution in [0.1, 0.15) is 185 Å². The number of carbonyl (C=O) groups is 5. The molecule has 0 radical (unpaired) electrons. The van der Waals surface area contributed by atoms with Gasteiger partial charge in [0.15, 0.2) is 17.2 Å². The maximum Gasteiger partial charge on any atom is 0.338 e. The zero-order valence-corrected chi connectivity index (χ0v) is 55.3. The molecule has 0 aliphatic heterocycles. The third kappa shape index (κ3) is 31.3.